The number of alkyl carbamates (subject to hydrolysis) is 1. The summed E-state index contributed by atoms with van der Waals surface area (Å²) in [5.74, 6) is 0.236. The first-order valence-corrected chi connectivity index (χ1v) is 8.83. The van der Waals surface area contributed by atoms with E-state index in [1.807, 2.05) is 13.8 Å². The number of aromatic nitrogens is 1. The number of amides is 2. The normalized spacial score (nSPS) is 11.7. The minimum absolute atomic E-state index is 0.0443. The Morgan fingerprint density at radius 3 is 2.41 bits per heavy atom. The highest BCUT2D eigenvalue weighted by atomic mass is 19.1. The van der Waals surface area contributed by atoms with Crippen LogP contribution < -0.4 is 10.1 Å². The third kappa shape index (κ3) is 8.06. The smallest absolute Gasteiger partial charge is 0.407 e. The Balaban J connectivity index is 2.54. The largest absolute Gasteiger partial charge is 0.487 e. The lowest BCUT2D eigenvalue weighted by molar-refractivity contribution is 0.0531. The maximum absolute atomic E-state index is 13.0. The van der Waals surface area contributed by atoms with Crippen molar-refractivity contribution in [2.24, 2.45) is 0 Å². The fourth-order valence-electron chi connectivity index (χ4n) is 2.06. The summed E-state index contributed by atoms with van der Waals surface area (Å²) in [4.78, 5) is 29.5. The number of carbonyl (C=O) groups is 2. The Hall–Kier alpha value is -2.64. The summed E-state index contributed by atoms with van der Waals surface area (Å²) < 4.78 is 23.5. The molecular weight excluding hydrogens is 353 g/mol. The molecule has 2 amide bonds. The maximum Gasteiger partial charge on any atom is 0.407 e. The van der Waals surface area contributed by atoms with Crippen LogP contribution in [0.3, 0.4) is 0 Å². The lowest BCUT2D eigenvalue weighted by atomic mass is 10.2. The van der Waals surface area contributed by atoms with Gasteiger partial charge in [0.25, 0.3) is 5.91 Å². The van der Waals surface area contributed by atoms with E-state index in [0.717, 1.165) is 0 Å². The number of nitrogens with zero attached hydrogens (tertiary/aromatic N) is 2. The molecule has 0 radical (unpaired) electrons. The quantitative estimate of drug-likeness (QED) is 0.747. The van der Waals surface area contributed by atoms with E-state index in [1.165, 1.54) is 6.20 Å². The van der Waals surface area contributed by atoms with Crippen molar-refractivity contribution in [2.75, 3.05) is 26.2 Å². The first kappa shape index (κ1) is 22.4. The summed E-state index contributed by atoms with van der Waals surface area (Å²) in [5.41, 5.74) is -0.0843. The first-order chi connectivity index (χ1) is 12.7. The van der Waals surface area contributed by atoms with Crippen LogP contribution >= 0.6 is 0 Å². The van der Waals surface area contributed by atoms with E-state index in [9.17, 15) is 14.0 Å². The van der Waals surface area contributed by atoms with Gasteiger partial charge in [-0.15, -0.1) is 0 Å². The van der Waals surface area contributed by atoms with E-state index in [2.05, 4.69) is 10.3 Å². The number of hydrogen-bond donors (Lipinski definition) is 1. The molecule has 1 N–H and O–H groups in total. The number of hydrogen-bond acceptors (Lipinski definition) is 5. The van der Waals surface area contributed by atoms with Crippen molar-refractivity contribution in [1.82, 2.24) is 15.2 Å². The summed E-state index contributed by atoms with van der Waals surface area (Å²) in [5, 5.41) is 2.46. The van der Waals surface area contributed by atoms with Crippen LogP contribution in [0.1, 0.15) is 45.1 Å². The predicted molar refractivity (Wildman–Crippen MR) is 100 cm³/mol. The molecule has 150 valence electrons. The average molecular weight is 381 g/mol. The van der Waals surface area contributed by atoms with Crippen molar-refractivity contribution in [2.45, 2.75) is 40.2 Å². The Morgan fingerprint density at radius 1 is 1.26 bits per heavy atom. The van der Waals surface area contributed by atoms with Gasteiger partial charge < -0.3 is 19.7 Å². The monoisotopic (exact) mass is 381 g/mol. The maximum atomic E-state index is 13.0. The van der Waals surface area contributed by atoms with Crippen LogP contribution in [0.5, 0.6) is 5.75 Å². The van der Waals surface area contributed by atoms with Crippen LogP contribution in [0, 0.1) is 0 Å². The standard InChI is InChI=1S/C19H28FN3O4/c1-6-23(7-2)17(24)16-9-8-15(12-21-16)26-13-14(10-20)11-22-18(25)27-19(3,4)5/h8-10,12H,6-7,11,13H2,1-5H3,(H,22,25)/b14-10+. The molecule has 1 rings (SSSR count). The zero-order valence-corrected chi connectivity index (χ0v) is 16.5. The number of ether oxygens (including phenoxy) is 2. The number of rotatable bonds is 8. The molecule has 0 spiro atoms. The highest BCUT2D eigenvalue weighted by Crippen LogP contribution is 2.12. The highest BCUT2D eigenvalue weighted by molar-refractivity contribution is 5.92. The second-order valence-electron chi connectivity index (χ2n) is 6.77. The Bertz CT molecular complexity index is 650. The number of pyridine rings is 1. The summed E-state index contributed by atoms with van der Waals surface area (Å²) in [7, 11) is 0. The van der Waals surface area contributed by atoms with Gasteiger partial charge in [0.2, 0.25) is 0 Å². The molecule has 0 aliphatic carbocycles. The second kappa shape index (κ2) is 10.5. The molecular formula is C19H28FN3O4. The molecule has 1 aromatic rings. The Morgan fingerprint density at radius 2 is 1.93 bits per heavy atom. The summed E-state index contributed by atoms with van der Waals surface area (Å²) in [6.07, 6.45) is 1.15. The van der Waals surface area contributed by atoms with E-state index >= 15 is 0 Å². The van der Waals surface area contributed by atoms with E-state index in [-0.39, 0.29) is 24.6 Å². The van der Waals surface area contributed by atoms with Crippen LogP contribution in [-0.4, -0.2) is 53.7 Å². The van der Waals surface area contributed by atoms with Gasteiger partial charge in [-0.25, -0.2) is 14.2 Å². The molecule has 0 bridgehead atoms. The van der Waals surface area contributed by atoms with Crippen molar-refractivity contribution in [1.29, 1.82) is 0 Å². The fraction of sp³-hybridized carbons (Fsp3) is 0.526. The van der Waals surface area contributed by atoms with Gasteiger partial charge in [0.05, 0.1) is 12.5 Å². The van der Waals surface area contributed by atoms with Gasteiger partial charge in [-0.1, -0.05) is 0 Å². The van der Waals surface area contributed by atoms with Crippen molar-refractivity contribution in [3.63, 3.8) is 0 Å². The number of halogens is 1. The SMILES string of the molecule is CCN(CC)C(=O)c1ccc(OC/C(=C/F)CNC(=O)OC(C)(C)C)cn1. The predicted octanol–water partition coefficient (Wildman–Crippen LogP) is 3.32. The van der Waals surface area contributed by atoms with Gasteiger partial charge in [-0.05, 0) is 46.8 Å². The van der Waals surface area contributed by atoms with Crippen molar-refractivity contribution in [3.8, 4) is 5.75 Å². The molecule has 0 saturated carbocycles. The van der Waals surface area contributed by atoms with Gasteiger partial charge in [0.15, 0.2) is 0 Å². The Labute approximate surface area is 159 Å². The highest BCUT2D eigenvalue weighted by Gasteiger charge is 2.16. The fourth-order valence-corrected chi connectivity index (χ4v) is 2.06. The minimum Gasteiger partial charge on any atom is -0.487 e. The van der Waals surface area contributed by atoms with Crippen molar-refractivity contribution < 1.29 is 23.5 Å². The average Bonchev–Trinajstić information content (AvgIpc) is 2.61. The molecule has 0 unspecified atom stereocenters. The number of nitrogens with one attached hydrogen (secondary N) is 1. The zero-order chi connectivity index (χ0) is 20.4. The molecule has 7 nitrogen and oxygen atoms in total. The molecule has 1 heterocycles. The van der Waals surface area contributed by atoms with Gasteiger partial charge in [-0.3, -0.25) is 4.79 Å². The lowest BCUT2D eigenvalue weighted by Crippen LogP contribution is -2.34. The zero-order valence-electron chi connectivity index (χ0n) is 16.5. The molecule has 0 fully saturated rings. The van der Waals surface area contributed by atoms with E-state index in [4.69, 9.17) is 9.47 Å². The van der Waals surface area contributed by atoms with Crippen LogP contribution in [0.2, 0.25) is 0 Å². The van der Waals surface area contributed by atoms with Crippen LogP contribution in [0.15, 0.2) is 30.2 Å². The van der Waals surface area contributed by atoms with Gasteiger partial charge >= 0.3 is 6.09 Å². The van der Waals surface area contributed by atoms with Crippen LogP contribution in [0.4, 0.5) is 9.18 Å². The second-order valence-corrected chi connectivity index (χ2v) is 6.77. The first-order valence-electron chi connectivity index (χ1n) is 8.83. The van der Waals surface area contributed by atoms with E-state index in [1.54, 1.807) is 37.8 Å². The summed E-state index contributed by atoms with van der Waals surface area (Å²) in [6.45, 7) is 10.1. The van der Waals surface area contributed by atoms with Gasteiger partial charge in [0, 0.05) is 25.2 Å². The summed E-state index contributed by atoms with van der Waals surface area (Å²) in [6, 6.07) is 3.16. The molecule has 0 aliphatic rings. The van der Waals surface area contributed by atoms with E-state index in [0.29, 0.717) is 30.9 Å². The molecule has 0 saturated heterocycles. The third-order valence-electron chi connectivity index (χ3n) is 3.44. The molecule has 0 aliphatic heterocycles. The molecule has 0 atom stereocenters. The van der Waals surface area contributed by atoms with Crippen LogP contribution in [0.25, 0.3) is 0 Å². The van der Waals surface area contributed by atoms with Gasteiger partial charge in [0.1, 0.15) is 23.7 Å². The van der Waals surface area contributed by atoms with Crippen molar-refractivity contribution >= 4 is 12.0 Å². The summed E-state index contributed by atoms with van der Waals surface area (Å²) >= 11 is 0. The third-order valence-corrected chi connectivity index (χ3v) is 3.44. The van der Waals surface area contributed by atoms with Crippen molar-refractivity contribution in [3.05, 3.63) is 35.9 Å². The van der Waals surface area contributed by atoms with Gasteiger partial charge in [-0.2, -0.15) is 0 Å². The molecule has 27 heavy (non-hydrogen) atoms. The van der Waals surface area contributed by atoms with E-state index < -0.39 is 11.7 Å². The molecule has 1 aromatic heterocycles. The lowest BCUT2D eigenvalue weighted by Gasteiger charge is -2.20. The molecule has 8 heteroatoms. The minimum atomic E-state index is -0.636. The van der Waals surface area contributed by atoms with Crippen LogP contribution in [-0.2, 0) is 4.74 Å². The Kier molecular flexibility index (Phi) is 8.71. The number of carbonyl (C=O) groups excluding carboxylic acids is 2. The molecule has 0 aromatic carbocycles. The topological polar surface area (TPSA) is 80.8 Å².